The first-order valence-electron chi connectivity index (χ1n) is 4.14. The minimum absolute atomic E-state index is 0.196. The highest BCUT2D eigenvalue weighted by molar-refractivity contribution is 5.11. The van der Waals surface area contributed by atoms with Crippen molar-refractivity contribution in [3.63, 3.8) is 0 Å². The van der Waals surface area contributed by atoms with Gasteiger partial charge in [-0.05, 0) is 18.4 Å². The van der Waals surface area contributed by atoms with Gasteiger partial charge < -0.3 is 10.2 Å². The molecule has 1 aromatic rings. The molecule has 0 aliphatic heterocycles. The molecule has 1 saturated carbocycles. The summed E-state index contributed by atoms with van der Waals surface area (Å²) in [5.41, 5.74) is 7.06. The van der Waals surface area contributed by atoms with Crippen molar-refractivity contribution in [3.05, 3.63) is 24.2 Å². The number of furan rings is 1. The van der Waals surface area contributed by atoms with Gasteiger partial charge in [0.05, 0.1) is 12.5 Å². The molecule has 0 amide bonds. The van der Waals surface area contributed by atoms with Gasteiger partial charge in [0, 0.05) is 11.6 Å². The van der Waals surface area contributed by atoms with E-state index in [-0.39, 0.29) is 6.04 Å². The van der Waals surface area contributed by atoms with Gasteiger partial charge in [0.25, 0.3) is 0 Å². The van der Waals surface area contributed by atoms with E-state index in [9.17, 15) is 0 Å². The molecular weight excluding hydrogens is 138 g/mol. The largest absolute Gasteiger partial charge is 0.472 e. The van der Waals surface area contributed by atoms with Crippen molar-refractivity contribution in [2.24, 2.45) is 11.7 Å². The minimum Gasteiger partial charge on any atom is -0.472 e. The van der Waals surface area contributed by atoms with Gasteiger partial charge in [-0.3, -0.25) is 0 Å². The van der Waals surface area contributed by atoms with E-state index in [0.29, 0.717) is 0 Å². The molecule has 2 rings (SSSR count). The van der Waals surface area contributed by atoms with Crippen LogP contribution in [0.2, 0.25) is 0 Å². The van der Waals surface area contributed by atoms with E-state index >= 15 is 0 Å². The number of rotatable bonds is 3. The highest BCUT2D eigenvalue weighted by Crippen LogP contribution is 2.36. The van der Waals surface area contributed by atoms with Gasteiger partial charge in [-0.1, -0.05) is 12.8 Å². The lowest BCUT2D eigenvalue weighted by atomic mass is 10.1. The molecule has 0 aromatic carbocycles. The number of nitrogens with two attached hydrogens (primary N) is 1. The van der Waals surface area contributed by atoms with Crippen LogP contribution in [0.3, 0.4) is 0 Å². The molecular formula is C9H13NO. The molecule has 1 heterocycles. The van der Waals surface area contributed by atoms with Crippen LogP contribution in [0, 0.1) is 5.92 Å². The maximum absolute atomic E-state index is 5.92. The lowest BCUT2D eigenvalue weighted by Gasteiger charge is -2.06. The Labute approximate surface area is 66.4 Å². The molecule has 1 atom stereocenters. The molecule has 2 N–H and O–H groups in total. The van der Waals surface area contributed by atoms with Crippen LogP contribution < -0.4 is 5.73 Å². The zero-order chi connectivity index (χ0) is 7.68. The van der Waals surface area contributed by atoms with Crippen molar-refractivity contribution in [1.29, 1.82) is 0 Å². The first-order valence-corrected chi connectivity index (χ1v) is 4.14. The molecule has 60 valence electrons. The molecule has 0 bridgehead atoms. The molecule has 1 fully saturated rings. The Kier molecular flexibility index (Phi) is 1.70. The van der Waals surface area contributed by atoms with E-state index in [2.05, 4.69) is 0 Å². The summed E-state index contributed by atoms with van der Waals surface area (Å²) in [5, 5.41) is 0. The first-order chi connectivity index (χ1) is 5.36. The lowest BCUT2D eigenvalue weighted by Crippen LogP contribution is -2.09. The third-order valence-corrected chi connectivity index (χ3v) is 2.26. The standard InChI is InChI=1S/C9H13NO/c10-9(5-7-1-2-7)8-3-4-11-6-8/h3-4,6-7,9H,1-2,5,10H2/t9-/m1/s1. The van der Waals surface area contributed by atoms with E-state index in [0.717, 1.165) is 17.9 Å². The maximum Gasteiger partial charge on any atom is 0.0950 e. The third kappa shape index (κ3) is 1.63. The fraction of sp³-hybridized carbons (Fsp3) is 0.556. The monoisotopic (exact) mass is 151 g/mol. The summed E-state index contributed by atoms with van der Waals surface area (Å²) in [4.78, 5) is 0. The van der Waals surface area contributed by atoms with Crippen LogP contribution in [-0.4, -0.2) is 0 Å². The Balaban J connectivity index is 1.93. The van der Waals surface area contributed by atoms with Gasteiger partial charge >= 0.3 is 0 Å². The van der Waals surface area contributed by atoms with Gasteiger partial charge in [-0.2, -0.15) is 0 Å². The summed E-state index contributed by atoms with van der Waals surface area (Å²) in [5.74, 6) is 0.889. The van der Waals surface area contributed by atoms with Crippen LogP contribution >= 0.6 is 0 Å². The number of hydrogen-bond donors (Lipinski definition) is 1. The second kappa shape index (κ2) is 2.70. The van der Waals surface area contributed by atoms with E-state index in [1.807, 2.05) is 6.07 Å². The van der Waals surface area contributed by atoms with Crippen molar-refractivity contribution < 1.29 is 4.42 Å². The minimum atomic E-state index is 0.196. The van der Waals surface area contributed by atoms with E-state index in [1.165, 1.54) is 12.8 Å². The highest BCUT2D eigenvalue weighted by Gasteiger charge is 2.24. The highest BCUT2D eigenvalue weighted by atomic mass is 16.3. The molecule has 0 radical (unpaired) electrons. The average Bonchev–Trinajstić information content (AvgIpc) is 2.67. The second-order valence-corrected chi connectivity index (χ2v) is 3.34. The van der Waals surface area contributed by atoms with E-state index < -0.39 is 0 Å². The normalized spacial score (nSPS) is 20.1. The van der Waals surface area contributed by atoms with Crippen LogP contribution in [0.25, 0.3) is 0 Å². The Bertz CT molecular complexity index is 213. The van der Waals surface area contributed by atoms with Crippen molar-refractivity contribution >= 4 is 0 Å². The van der Waals surface area contributed by atoms with Gasteiger partial charge in [0.15, 0.2) is 0 Å². The Morgan fingerprint density at radius 3 is 3.00 bits per heavy atom. The SMILES string of the molecule is N[C@H](CC1CC1)c1ccoc1. The topological polar surface area (TPSA) is 39.2 Å². The number of hydrogen-bond acceptors (Lipinski definition) is 2. The van der Waals surface area contributed by atoms with Crippen LogP contribution in [0.15, 0.2) is 23.0 Å². The maximum atomic E-state index is 5.92. The van der Waals surface area contributed by atoms with Crippen molar-refractivity contribution in [2.75, 3.05) is 0 Å². The quantitative estimate of drug-likeness (QED) is 0.718. The smallest absolute Gasteiger partial charge is 0.0950 e. The van der Waals surface area contributed by atoms with E-state index in [4.69, 9.17) is 10.2 Å². The van der Waals surface area contributed by atoms with Crippen molar-refractivity contribution in [2.45, 2.75) is 25.3 Å². The first kappa shape index (κ1) is 6.92. The summed E-state index contributed by atoms with van der Waals surface area (Å²) in [7, 11) is 0. The van der Waals surface area contributed by atoms with Gasteiger partial charge in [-0.25, -0.2) is 0 Å². The fourth-order valence-electron chi connectivity index (χ4n) is 1.33. The fourth-order valence-corrected chi connectivity index (χ4v) is 1.33. The summed E-state index contributed by atoms with van der Waals surface area (Å²) in [6.07, 6.45) is 7.28. The molecule has 0 spiro atoms. The summed E-state index contributed by atoms with van der Waals surface area (Å²) in [6.45, 7) is 0. The van der Waals surface area contributed by atoms with Gasteiger partial charge in [0.1, 0.15) is 0 Å². The summed E-state index contributed by atoms with van der Waals surface area (Å²) < 4.78 is 4.96. The van der Waals surface area contributed by atoms with Crippen LogP contribution in [-0.2, 0) is 0 Å². The van der Waals surface area contributed by atoms with Crippen LogP contribution in [0.4, 0.5) is 0 Å². The van der Waals surface area contributed by atoms with Gasteiger partial charge in [0.2, 0.25) is 0 Å². The summed E-state index contributed by atoms with van der Waals surface area (Å²) >= 11 is 0. The van der Waals surface area contributed by atoms with Crippen molar-refractivity contribution in [3.8, 4) is 0 Å². The summed E-state index contributed by atoms with van der Waals surface area (Å²) in [6, 6.07) is 2.15. The van der Waals surface area contributed by atoms with Crippen molar-refractivity contribution in [1.82, 2.24) is 0 Å². The molecule has 2 heteroatoms. The zero-order valence-electron chi connectivity index (χ0n) is 6.49. The predicted octanol–water partition coefficient (Wildman–Crippen LogP) is 2.08. The van der Waals surface area contributed by atoms with Crippen LogP contribution in [0.1, 0.15) is 30.9 Å². The third-order valence-electron chi connectivity index (χ3n) is 2.26. The molecule has 1 aliphatic rings. The van der Waals surface area contributed by atoms with E-state index in [1.54, 1.807) is 12.5 Å². The molecule has 2 nitrogen and oxygen atoms in total. The molecule has 0 unspecified atom stereocenters. The Morgan fingerprint density at radius 1 is 1.64 bits per heavy atom. The van der Waals surface area contributed by atoms with Crippen LogP contribution in [0.5, 0.6) is 0 Å². The van der Waals surface area contributed by atoms with Gasteiger partial charge in [-0.15, -0.1) is 0 Å². The molecule has 0 saturated heterocycles. The molecule has 1 aliphatic carbocycles. The molecule has 1 aromatic heterocycles. The zero-order valence-corrected chi connectivity index (χ0v) is 6.49. The second-order valence-electron chi connectivity index (χ2n) is 3.34. The Morgan fingerprint density at radius 2 is 2.45 bits per heavy atom. The lowest BCUT2D eigenvalue weighted by molar-refractivity contribution is 0.546. The predicted molar refractivity (Wildman–Crippen MR) is 43.0 cm³/mol. The Hall–Kier alpha value is -0.760. The average molecular weight is 151 g/mol. The molecule has 11 heavy (non-hydrogen) atoms.